The maximum absolute atomic E-state index is 12.1. The molecule has 18 heavy (non-hydrogen) atoms. The Morgan fingerprint density at radius 3 is 2.94 bits per heavy atom. The molecule has 0 aliphatic heterocycles. The van der Waals surface area contributed by atoms with Crippen LogP contribution in [0.5, 0.6) is 0 Å². The molecule has 2 rings (SSSR count). The molecule has 2 heterocycles. The number of carbonyl (C=O) groups is 1. The first-order valence-electron chi connectivity index (χ1n) is 5.66. The van der Waals surface area contributed by atoms with Crippen LogP contribution in [0.15, 0.2) is 17.5 Å². The molecule has 3 N–H and O–H groups in total. The summed E-state index contributed by atoms with van der Waals surface area (Å²) in [7, 11) is 0. The van der Waals surface area contributed by atoms with Gasteiger partial charge in [0.15, 0.2) is 0 Å². The standard InChI is InChI=1S/C12H14N2OS3/c1-2-7(5-11(13)16)14-12(15)10-6-9-8(18-10)3-4-17-9/h3-4,6-7H,2,5H2,1H3,(H2,13,16)(H,14,15). The normalized spacial score (nSPS) is 12.5. The fraction of sp³-hybridized carbons (Fsp3) is 0.333. The number of hydrogen-bond acceptors (Lipinski definition) is 4. The van der Waals surface area contributed by atoms with Gasteiger partial charge in [0.25, 0.3) is 5.91 Å². The Morgan fingerprint density at radius 2 is 2.33 bits per heavy atom. The molecule has 0 bridgehead atoms. The highest BCUT2D eigenvalue weighted by Crippen LogP contribution is 2.29. The largest absolute Gasteiger partial charge is 0.393 e. The molecule has 0 radical (unpaired) electrons. The minimum Gasteiger partial charge on any atom is -0.393 e. The monoisotopic (exact) mass is 298 g/mol. The topological polar surface area (TPSA) is 55.1 Å². The summed E-state index contributed by atoms with van der Waals surface area (Å²) < 4.78 is 2.32. The number of carbonyl (C=O) groups excluding carboxylic acids is 1. The van der Waals surface area contributed by atoms with E-state index in [1.54, 1.807) is 11.3 Å². The van der Waals surface area contributed by atoms with E-state index in [2.05, 4.69) is 5.32 Å². The third kappa shape index (κ3) is 3.07. The van der Waals surface area contributed by atoms with Crippen LogP contribution in [-0.4, -0.2) is 16.9 Å². The average molecular weight is 298 g/mol. The van der Waals surface area contributed by atoms with Crippen molar-refractivity contribution >= 4 is 55.2 Å². The second kappa shape index (κ2) is 5.77. The van der Waals surface area contributed by atoms with Gasteiger partial charge in [-0.15, -0.1) is 22.7 Å². The molecule has 1 amide bonds. The van der Waals surface area contributed by atoms with Gasteiger partial charge in [-0.2, -0.15) is 0 Å². The summed E-state index contributed by atoms with van der Waals surface area (Å²) in [5.74, 6) is -0.0356. The lowest BCUT2D eigenvalue weighted by Crippen LogP contribution is -2.36. The number of nitrogens with one attached hydrogen (secondary N) is 1. The van der Waals surface area contributed by atoms with Gasteiger partial charge in [0, 0.05) is 21.9 Å². The zero-order valence-electron chi connectivity index (χ0n) is 9.93. The molecule has 6 heteroatoms. The molecule has 0 aliphatic rings. The third-order valence-electron chi connectivity index (χ3n) is 2.64. The van der Waals surface area contributed by atoms with E-state index in [0.29, 0.717) is 11.4 Å². The molecule has 0 aromatic carbocycles. The number of thiocarbonyl (C=S) groups is 1. The first-order chi connectivity index (χ1) is 8.60. The number of hydrogen-bond donors (Lipinski definition) is 2. The molecule has 1 unspecified atom stereocenters. The number of amides is 1. The molecule has 2 aromatic rings. The Labute approximate surface area is 119 Å². The van der Waals surface area contributed by atoms with Gasteiger partial charge in [0.2, 0.25) is 0 Å². The van der Waals surface area contributed by atoms with Gasteiger partial charge in [-0.25, -0.2) is 0 Å². The van der Waals surface area contributed by atoms with Crippen molar-refractivity contribution in [1.82, 2.24) is 5.32 Å². The highest BCUT2D eigenvalue weighted by Gasteiger charge is 2.15. The molecular formula is C12H14N2OS3. The number of thiophene rings is 2. The predicted molar refractivity (Wildman–Crippen MR) is 82.6 cm³/mol. The van der Waals surface area contributed by atoms with Crippen molar-refractivity contribution in [3.05, 3.63) is 22.4 Å². The highest BCUT2D eigenvalue weighted by atomic mass is 32.1. The van der Waals surface area contributed by atoms with Gasteiger partial charge < -0.3 is 11.1 Å². The number of rotatable bonds is 5. The van der Waals surface area contributed by atoms with E-state index >= 15 is 0 Å². The Balaban J connectivity index is 2.06. The molecule has 0 aliphatic carbocycles. The van der Waals surface area contributed by atoms with E-state index in [9.17, 15) is 4.79 Å². The van der Waals surface area contributed by atoms with Gasteiger partial charge in [-0.05, 0) is 23.9 Å². The van der Waals surface area contributed by atoms with Crippen molar-refractivity contribution in [2.45, 2.75) is 25.8 Å². The van der Waals surface area contributed by atoms with Gasteiger partial charge >= 0.3 is 0 Å². The zero-order valence-corrected chi connectivity index (χ0v) is 12.4. The minimum atomic E-state index is -0.0356. The summed E-state index contributed by atoms with van der Waals surface area (Å²) in [6, 6.07) is 4.00. The Kier molecular flexibility index (Phi) is 4.31. The van der Waals surface area contributed by atoms with Crippen LogP contribution in [0.25, 0.3) is 9.40 Å². The van der Waals surface area contributed by atoms with Crippen LogP contribution >= 0.6 is 34.9 Å². The van der Waals surface area contributed by atoms with Crippen molar-refractivity contribution in [2.24, 2.45) is 5.73 Å². The van der Waals surface area contributed by atoms with Crippen LogP contribution in [0.3, 0.4) is 0 Å². The lowest BCUT2D eigenvalue weighted by Gasteiger charge is -2.15. The summed E-state index contributed by atoms with van der Waals surface area (Å²) in [6.45, 7) is 2.01. The van der Waals surface area contributed by atoms with Crippen molar-refractivity contribution in [3.63, 3.8) is 0 Å². The van der Waals surface area contributed by atoms with Crippen molar-refractivity contribution in [2.75, 3.05) is 0 Å². The quantitative estimate of drug-likeness (QED) is 0.834. The van der Waals surface area contributed by atoms with E-state index < -0.39 is 0 Å². The molecule has 0 fully saturated rings. The molecule has 0 saturated carbocycles. The van der Waals surface area contributed by atoms with Gasteiger partial charge in [-0.3, -0.25) is 4.79 Å². The van der Waals surface area contributed by atoms with E-state index in [-0.39, 0.29) is 11.9 Å². The van der Waals surface area contributed by atoms with E-state index in [1.165, 1.54) is 11.3 Å². The molecule has 0 saturated heterocycles. The fourth-order valence-corrected chi connectivity index (χ4v) is 3.89. The summed E-state index contributed by atoms with van der Waals surface area (Å²) in [5.41, 5.74) is 5.51. The number of nitrogens with two attached hydrogens (primary N) is 1. The van der Waals surface area contributed by atoms with Crippen molar-refractivity contribution in [1.29, 1.82) is 0 Å². The predicted octanol–water partition coefficient (Wildman–Crippen LogP) is 3.15. The molecule has 1 atom stereocenters. The van der Waals surface area contributed by atoms with E-state index in [0.717, 1.165) is 20.7 Å². The maximum atomic E-state index is 12.1. The Morgan fingerprint density at radius 1 is 1.56 bits per heavy atom. The lowest BCUT2D eigenvalue weighted by molar-refractivity contribution is 0.0941. The maximum Gasteiger partial charge on any atom is 0.261 e. The molecule has 3 nitrogen and oxygen atoms in total. The highest BCUT2D eigenvalue weighted by molar-refractivity contribution is 7.80. The second-order valence-electron chi connectivity index (χ2n) is 4.01. The zero-order chi connectivity index (χ0) is 13.1. The van der Waals surface area contributed by atoms with Crippen LogP contribution in [0.2, 0.25) is 0 Å². The van der Waals surface area contributed by atoms with Crippen LogP contribution in [-0.2, 0) is 0 Å². The van der Waals surface area contributed by atoms with Crippen LogP contribution < -0.4 is 11.1 Å². The van der Waals surface area contributed by atoms with E-state index in [4.69, 9.17) is 18.0 Å². The summed E-state index contributed by atoms with van der Waals surface area (Å²) >= 11 is 8.05. The molecule has 0 spiro atoms. The Bertz CT molecular complexity index is 544. The van der Waals surface area contributed by atoms with Gasteiger partial charge in [-0.1, -0.05) is 19.1 Å². The van der Waals surface area contributed by atoms with Gasteiger partial charge in [0.05, 0.1) is 9.87 Å². The first kappa shape index (κ1) is 13.5. The van der Waals surface area contributed by atoms with Gasteiger partial charge in [0.1, 0.15) is 0 Å². The first-order valence-corrected chi connectivity index (χ1v) is 7.76. The van der Waals surface area contributed by atoms with E-state index in [1.807, 2.05) is 24.4 Å². The van der Waals surface area contributed by atoms with Crippen LogP contribution in [0.1, 0.15) is 29.4 Å². The molecule has 96 valence electrons. The van der Waals surface area contributed by atoms with Crippen molar-refractivity contribution in [3.8, 4) is 0 Å². The smallest absolute Gasteiger partial charge is 0.261 e. The third-order valence-corrected chi connectivity index (χ3v) is 4.90. The average Bonchev–Trinajstić information content (AvgIpc) is 2.87. The Hall–Kier alpha value is -0.980. The molecule has 2 aromatic heterocycles. The second-order valence-corrected chi connectivity index (χ2v) is 6.56. The fourth-order valence-electron chi connectivity index (χ4n) is 1.67. The SMILES string of the molecule is CCC(CC(N)=S)NC(=O)c1cc2sccc2s1. The summed E-state index contributed by atoms with van der Waals surface area (Å²) in [4.78, 5) is 13.3. The van der Waals surface area contributed by atoms with Crippen LogP contribution in [0, 0.1) is 0 Å². The van der Waals surface area contributed by atoms with Crippen LogP contribution in [0.4, 0.5) is 0 Å². The van der Waals surface area contributed by atoms with Crippen molar-refractivity contribution < 1.29 is 4.79 Å². The molecular weight excluding hydrogens is 284 g/mol. The minimum absolute atomic E-state index is 0.0233. The number of fused-ring (bicyclic) bond motifs is 1. The summed E-state index contributed by atoms with van der Waals surface area (Å²) in [6.07, 6.45) is 1.38. The lowest BCUT2D eigenvalue weighted by atomic mass is 10.1. The summed E-state index contributed by atoms with van der Waals surface area (Å²) in [5, 5.41) is 5.01.